The van der Waals surface area contributed by atoms with Crippen molar-refractivity contribution < 1.29 is 9.59 Å². The zero-order valence-corrected chi connectivity index (χ0v) is 15.1. The Labute approximate surface area is 152 Å². The average Bonchev–Trinajstić information content (AvgIpc) is 3.07. The summed E-state index contributed by atoms with van der Waals surface area (Å²) in [6.07, 6.45) is 3.36. The fourth-order valence-corrected chi connectivity index (χ4v) is 4.07. The summed E-state index contributed by atoms with van der Waals surface area (Å²) in [4.78, 5) is 27.3. The Hall–Kier alpha value is -2.67. The summed E-state index contributed by atoms with van der Waals surface area (Å²) in [5.74, 6) is -0.0308. The predicted octanol–water partition coefficient (Wildman–Crippen LogP) is 1.65. The number of rotatable bonds is 3. The van der Waals surface area contributed by atoms with Crippen molar-refractivity contribution in [2.24, 2.45) is 7.05 Å². The summed E-state index contributed by atoms with van der Waals surface area (Å²) < 4.78 is 1.73. The van der Waals surface area contributed by atoms with Gasteiger partial charge in [-0.05, 0) is 37.9 Å². The van der Waals surface area contributed by atoms with Crippen LogP contribution in [0.2, 0.25) is 0 Å². The van der Waals surface area contributed by atoms with E-state index in [4.69, 9.17) is 0 Å². The van der Waals surface area contributed by atoms with Crippen molar-refractivity contribution in [3.8, 4) is 0 Å². The molecule has 2 N–H and O–H groups in total. The third-order valence-electron chi connectivity index (χ3n) is 5.57. The van der Waals surface area contributed by atoms with Gasteiger partial charge in [-0.25, -0.2) is 0 Å². The van der Waals surface area contributed by atoms with E-state index in [9.17, 15) is 9.59 Å². The molecule has 2 amide bonds. The number of benzene rings is 1. The van der Waals surface area contributed by atoms with Crippen LogP contribution in [0, 0.1) is 6.92 Å². The first-order valence-electron chi connectivity index (χ1n) is 8.91. The van der Waals surface area contributed by atoms with E-state index in [0.717, 1.165) is 42.0 Å². The number of hydrogen-bond donors (Lipinski definition) is 2. The van der Waals surface area contributed by atoms with Gasteiger partial charge in [-0.1, -0.05) is 18.2 Å². The maximum Gasteiger partial charge on any atom is 0.238 e. The van der Waals surface area contributed by atoms with Crippen molar-refractivity contribution >= 4 is 23.2 Å². The van der Waals surface area contributed by atoms with E-state index in [-0.39, 0.29) is 18.4 Å². The molecule has 2 aliphatic rings. The third kappa shape index (κ3) is 2.68. The lowest BCUT2D eigenvalue weighted by molar-refractivity contribution is -0.124. The summed E-state index contributed by atoms with van der Waals surface area (Å²) in [5, 5.41) is 10.1. The van der Waals surface area contributed by atoms with E-state index in [1.165, 1.54) is 0 Å². The maximum absolute atomic E-state index is 12.7. The second-order valence-corrected chi connectivity index (χ2v) is 7.21. The number of para-hydroxylation sites is 1. The Morgan fingerprint density at radius 1 is 1.38 bits per heavy atom. The highest BCUT2D eigenvalue weighted by Gasteiger charge is 2.49. The van der Waals surface area contributed by atoms with Gasteiger partial charge in [0.05, 0.1) is 29.5 Å². The normalized spacial score (nSPS) is 22.3. The maximum atomic E-state index is 12.7. The van der Waals surface area contributed by atoms with E-state index in [1.807, 2.05) is 38.2 Å². The fraction of sp³-hybridized carbons (Fsp3) is 0.421. The van der Waals surface area contributed by atoms with Gasteiger partial charge in [0.25, 0.3) is 0 Å². The fourth-order valence-electron chi connectivity index (χ4n) is 4.07. The van der Waals surface area contributed by atoms with Crippen LogP contribution in [0.1, 0.15) is 24.1 Å². The number of aryl methyl sites for hydroxylation is 1. The minimum absolute atomic E-state index is 0.0481. The Kier molecular flexibility index (Phi) is 4.03. The first-order valence-corrected chi connectivity index (χ1v) is 8.91. The molecule has 7 nitrogen and oxygen atoms in total. The minimum Gasteiger partial charge on any atom is -0.325 e. The van der Waals surface area contributed by atoms with Crippen LogP contribution < -0.4 is 10.6 Å². The largest absolute Gasteiger partial charge is 0.325 e. The summed E-state index contributed by atoms with van der Waals surface area (Å²) in [5.41, 5.74) is 3.05. The zero-order valence-electron chi connectivity index (χ0n) is 15.1. The summed E-state index contributed by atoms with van der Waals surface area (Å²) >= 11 is 0. The van der Waals surface area contributed by atoms with Crippen LogP contribution in [0.15, 0.2) is 30.5 Å². The number of nitrogens with zero attached hydrogens (tertiary/aromatic N) is 3. The molecule has 7 heteroatoms. The smallest absolute Gasteiger partial charge is 0.238 e. The highest BCUT2D eigenvalue weighted by Crippen LogP contribution is 2.43. The van der Waals surface area contributed by atoms with E-state index >= 15 is 0 Å². The lowest BCUT2D eigenvalue weighted by Gasteiger charge is -2.38. The second-order valence-electron chi connectivity index (χ2n) is 7.21. The number of carbonyl (C=O) groups is 2. The first-order chi connectivity index (χ1) is 12.5. The summed E-state index contributed by atoms with van der Waals surface area (Å²) in [7, 11) is 1.84. The van der Waals surface area contributed by atoms with Crippen LogP contribution in [0.4, 0.5) is 11.4 Å². The van der Waals surface area contributed by atoms with Gasteiger partial charge in [0.15, 0.2) is 0 Å². The first kappa shape index (κ1) is 16.8. The number of carbonyl (C=O) groups excluding carboxylic acids is 2. The number of aromatic nitrogens is 2. The molecule has 0 bridgehead atoms. The van der Waals surface area contributed by atoms with Gasteiger partial charge >= 0.3 is 0 Å². The van der Waals surface area contributed by atoms with Gasteiger partial charge in [0.2, 0.25) is 11.8 Å². The summed E-state index contributed by atoms with van der Waals surface area (Å²) in [6, 6.07) is 7.87. The van der Waals surface area contributed by atoms with E-state index < -0.39 is 5.41 Å². The molecule has 1 atom stereocenters. The molecule has 2 aliphatic heterocycles. The zero-order chi connectivity index (χ0) is 18.3. The average molecular weight is 353 g/mol. The van der Waals surface area contributed by atoms with Crippen molar-refractivity contribution in [1.29, 1.82) is 0 Å². The lowest BCUT2D eigenvalue weighted by Crippen LogP contribution is -2.51. The van der Waals surface area contributed by atoms with Gasteiger partial charge < -0.3 is 10.6 Å². The summed E-state index contributed by atoms with van der Waals surface area (Å²) in [6.45, 7) is 3.57. The Morgan fingerprint density at radius 3 is 2.96 bits per heavy atom. The molecule has 2 aromatic rings. The number of amides is 2. The molecular formula is C19H23N5O2. The molecule has 1 aromatic carbocycles. The van der Waals surface area contributed by atoms with Gasteiger partial charge in [-0.15, -0.1) is 0 Å². The van der Waals surface area contributed by atoms with Crippen molar-refractivity contribution in [3.05, 3.63) is 41.7 Å². The van der Waals surface area contributed by atoms with Crippen molar-refractivity contribution in [1.82, 2.24) is 14.7 Å². The topological polar surface area (TPSA) is 79.3 Å². The van der Waals surface area contributed by atoms with Crippen LogP contribution >= 0.6 is 0 Å². The van der Waals surface area contributed by atoms with E-state index in [2.05, 4.69) is 20.6 Å². The van der Waals surface area contributed by atoms with Crippen LogP contribution in [0.3, 0.4) is 0 Å². The number of likely N-dealkylation sites (tertiary alicyclic amines) is 1. The highest BCUT2D eigenvalue weighted by molar-refractivity contribution is 6.06. The molecule has 1 saturated heterocycles. The molecule has 1 spiro atoms. The Bertz CT molecular complexity index is 875. The molecule has 4 rings (SSSR count). The third-order valence-corrected chi connectivity index (χ3v) is 5.57. The van der Waals surface area contributed by atoms with Crippen molar-refractivity contribution in [2.45, 2.75) is 25.2 Å². The van der Waals surface area contributed by atoms with Crippen LogP contribution in [-0.2, 0) is 22.1 Å². The van der Waals surface area contributed by atoms with Crippen LogP contribution in [0.5, 0.6) is 0 Å². The monoisotopic (exact) mass is 353 g/mol. The molecule has 3 heterocycles. The Balaban J connectivity index is 1.48. The SMILES string of the molecule is Cc1c(NC(=O)CN2CCCC3(C2)C(=O)Nc2ccccc23)cnn1C. The van der Waals surface area contributed by atoms with Gasteiger partial charge in [0, 0.05) is 19.3 Å². The van der Waals surface area contributed by atoms with Crippen molar-refractivity contribution in [2.75, 3.05) is 30.3 Å². The second kappa shape index (κ2) is 6.25. The van der Waals surface area contributed by atoms with Crippen LogP contribution in [-0.4, -0.2) is 46.1 Å². The molecular weight excluding hydrogens is 330 g/mol. The van der Waals surface area contributed by atoms with Gasteiger partial charge in [0.1, 0.15) is 0 Å². The molecule has 136 valence electrons. The van der Waals surface area contributed by atoms with Gasteiger partial charge in [-0.3, -0.25) is 19.2 Å². The lowest BCUT2D eigenvalue weighted by atomic mass is 9.75. The molecule has 1 fully saturated rings. The molecule has 0 aliphatic carbocycles. The molecule has 26 heavy (non-hydrogen) atoms. The minimum atomic E-state index is -0.542. The standard InChI is InChI=1S/C19H23N5O2/c1-13-16(10-20-23(13)2)21-17(25)11-24-9-5-8-19(12-24)14-6-3-4-7-15(14)22-18(19)26/h3-4,6-7,10H,5,8-9,11-12H2,1-2H3,(H,21,25)(H,22,26). The molecule has 0 radical (unpaired) electrons. The van der Waals surface area contributed by atoms with E-state index in [1.54, 1.807) is 10.9 Å². The predicted molar refractivity (Wildman–Crippen MR) is 99.0 cm³/mol. The van der Waals surface area contributed by atoms with E-state index in [0.29, 0.717) is 6.54 Å². The number of piperidine rings is 1. The molecule has 0 saturated carbocycles. The quantitative estimate of drug-likeness (QED) is 0.879. The van der Waals surface area contributed by atoms with Crippen molar-refractivity contribution in [3.63, 3.8) is 0 Å². The number of hydrogen-bond acceptors (Lipinski definition) is 4. The number of anilines is 2. The van der Waals surface area contributed by atoms with Crippen LogP contribution in [0.25, 0.3) is 0 Å². The number of fused-ring (bicyclic) bond motifs is 2. The Morgan fingerprint density at radius 2 is 2.19 bits per heavy atom. The number of nitrogens with one attached hydrogen (secondary N) is 2. The molecule has 1 aromatic heterocycles. The highest BCUT2D eigenvalue weighted by atomic mass is 16.2. The molecule has 1 unspecified atom stereocenters. The van der Waals surface area contributed by atoms with Gasteiger partial charge in [-0.2, -0.15) is 5.10 Å².